The van der Waals surface area contributed by atoms with Crippen molar-refractivity contribution in [2.45, 2.75) is 77.3 Å². The SMILES string of the molecule is CCCCCCCCCCCOCCNCCc1ccccc1C(F)(F)F. The summed E-state index contributed by atoms with van der Waals surface area (Å²) in [7, 11) is 0. The van der Waals surface area contributed by atoms with Gasteiger partial charge in [-0.25, -0.2) is 0 Å². The molecule has 156 valence electrons. The molecule has 0 saturated heterocycles. The van der Waals surface area contributed by atoms with E-state index in [1.54, 1.807) is 12.1 Å². The van der Waals surface area contributed by atoms with Crippen LogP contribution < -0.4 is 5.32 Å². The fourth-order valence-electron chi connectivity index (χ4n) is 3.12. The third kappa shape index (κ3) is 12.1. The van der Waals surface area contributed by atoms with Crippen molar-refractivity contribution in [2.75, 3.05) is 26.3 Å². The van der Waals surface area contributed by atoms with E-state index in [0.717, 1.165) is 19.1 Å². The number of hydrogen-bond acceptors (Lipinski definition) is 2. The van der Waals surface area contributed by atoms with Gasteiger partial charge in [-0.1, -0.05) is 76.5 Å². The van der Waals surface area contributed by atoms with Crippen molar-refractivity contribution < 1.29 is 17.9 Å². The molecule has 0 fully saturated rings. The molecule has 0 aliphatic rings. The van der Waals surface area contributed by atoms with Crippen molar-refractivity contribution >= 4 is 0 Å². The third-order valence-corrected chi connectivity index (χ3v) is 4.71. The average Bonchev–Trinajstić information content (AvgIpc) is 2.64. The van der Waals surface area contributed by atoms with Gasteiger partial charge in [-0.05, 0) is 31.0 Å². The first kappa shape index (κ1) is 24.0. The lowest BCUT2D eigenvalue weighted by molar-refractivity contribution is -0.138. The molecule has 0 atom stereocenters. The second-order valence-corrected chi connectivity index (χ2v) is 7.10. The van der Waals surface area contributed by atoms with Crippen LogP contribution in [-0.4, -0.2) is 26.3 Å². The van der Waals surface area contributed by atoms with Crippen molar-refractivity contribution in [1.29, 1.82) is 0 Å². The molecule has 1 aromatic rings. The van der Waals surface area contributed by atoms with Crippen LogP contribution in [0.5, 0.6) is 0 Å². The van der Waals surface area contributed by atoms with E-state index < -0.39 is 11.7 Å². The Morgan fingerprint density at radius 1 is 0.815 bits per heavy atom. The summed E-state index contributed by atoms with van der Waals surface area (Å²) in [5, 5.41) is 3.16. The average molecular weight is 388 g/mol. The zero-order valence-electron chi connectivity index (χ0n) is 16.8. The van der Waals surface area contributed by atoms with Crippen LogP contribution in [0.2, 0.25) is 0 Å². The summed E-state index contributed by atoms with van der Waals surface area (Å²) < 4.78 is 44.3. The normalized spacial score (nSPS) is 11.9. The molecule has 0 amide bonds. The van der Waals surface area contributed by atoms with Crippen LogP contribution in [0.1, 0.15) is 75.8 Å². The monoisotopic (exact) mass is 387 g/mol. The van der Waals surface area contributed by atoms with Crippen molar-refractivity contribution in [1.82, 2.24) is 5.32 Å². The molecule has 0 aliphatic carbocycles. The fraction of sp³-hybridized carbons (Fsp3) is 0.727. The lowest BCUT2D eigenvalue weighted by atomic mass is 10.0. The molecule has 5 heteroatoms. The molecule has 0 radical (unpaired) electrons. The predicted molar refractivity (Wildman–Crippen MR) is 106 cm³/mol. The topological polar surface area (TPSA) is 21.3 Å². The van der Waals surface area contributed by atoms with E-state index in [4.69, 9.17) is 4.74 Å². The van der Waals surface area contributed by atoms with E-state index in [-0.39, 0.29) is 0 Å². The van der Waals surface area contributed by atoms with Crippen molar-refractivity contribution in [3.63, 3.8) is 0 Å². The zero-order chi connectivity index (χ0) is 19.8. The molecule has 0 aliphatic heterocycles. The summed E-state index contributed by atoms with van der Waals surface area (Å²) in [6, 6.07) is 5.77. The lowest BCUT2D eigenvalue weighted by Gasteiger charge is -2.13. The molecule has 0 spiro atoms. The third-order valence-electron chi connectivity index (χ3n) is 4.71. The predicted octanol–water partition coefficient (Wildman–Crippen LogP) is 6.38. The Morgan fingerprint density at radius 2 is 1.44 bits per heavy atom. The Bertz CT molecular complexity index is 477. The molecule has 1 N–H and O–H groups in total. The molecule has 0 unspecified atom stereocenters. The summed E-state index contributed by atoms with van der Waals surface area (Å²) >= 11 is 0. The standard InChI is InChI=1S/C22H36F3NO/c1-2-3-4-5-6-7-8-9-12-18-27-19-17-26-16-15-20-13-10-11-14-21(20)22(23,24)25/h10-11,13-14,26H,2-9,12,15-19H2,1H3. The Morgan fingerprint density at radius 3 is 2.11 bits per heavy atom. The highest BCUT2D eigenvalue weighted by molar-refractivity contribution is 5.29. The number of nitrogens with one attached hydrogen (secondary N) is 1. The number of ether oxygens (including phenoxy) is 1. The highest BCUT2D eigenvalue weighted by Crippen LogP contribution is 2.31. The van der Waals surface area contributed by atoms with Gasteiger partial charge in [-0.2, -0.15) is 13.2 Å². The quantitative estimate of drug-likeness (QED) is 0.332. The van der Waals surface area contributed by atoms with Gasteiger partial charge in [-0.3, -0.25) is 0 Å². The minimum atomic E-state index is -4.28. The molecule has 27 heavy (non-hydrogen) atoms. The highest BCUT2D eigenvalue weighted by atomic mass is 19.4. The van der Waals surface area contributed by atoms with Crippen LogP contribution in [0.4, 0.5) is 13.2 Å². The van der Waals surface area contributed by atoms with Gasteiger partial charge in [0.15, 0.2) is 0 Å². The van der Waals surface area contributed by atoms with Gasteiger partial charge >= 0.3 is 6.18 Å². The lowest BCUT2D eigenvalue weighted by Crippen LogP contribution is -2.23. The van der Waals surface area contributed by atoms with Gasteiger partial charge < -0.3 is 10.1 Å². The number of alkyl halides is 3. The minimum absolute atomic E-state index is 0.341. The number of rotatable bonds is 16. The van der Waals surface area contributed by atoms with Crippen LogP contribution in [0.25, 0.3) is 0 Å². The van der Waals surface area contributed by atoms with E-state index in [1.165, 1.54) is 57.4 Å². The Balaban J connectivity index is 1.93. The maximum Gasteiger partial charge on any atom is 0.416 e. The Hall–Kier alpha value is -1.07. The van der Waals surface area contributed by atoms with Gasteiger partial charge in [0.05, 0.1) is 12.2 Å². The summed E-state index contributed by atoms with van der Waals surface area (Å²) in [5.41, 5.74) is -0.193. The summed E-state index contributed by atoms with van der Waals surface area (Å²) in [6.07, 6.45) is 7.74. The van der Waals surface area contributed by atoms with E-state index in [0.29, 0.717) is 31.7 Å². The summed E-state index contributed by atoms with van der Waals surface area (Å²) in [5.74, 6) is 0. The first-order valence-electron chi connectivity index (χ1n) is 10.5. The first-order valence-corrected chi connectivity index (χ1v) is 10.5. The van der Waals surface area contributed by atoms with Crippen molar-refractivity contribution in [3.05, 3.63) is 35.4 Å². The molecule has 0 heterocycles. The van der Waals surface area contributed by atoms with Crippen LogP contribution >= 0.6 is 0 Å². The zero-order valence-corrected chi connectivity index (χ0v) is 16.8. The van der Waals surface area contributed by atoms with Gasteiger partial charge in [0.2, 0.25) is 0 Å². The number of unbranched alkanes of at least 4 members (excludes halogenated alkanes) is 8. The summed E-state index contributed by atoms with van der Waals surface area (Å²) in [6.45, 7) is 4.81. The number of hydrogen-bond donors (Lipinski definition) is 1. The molecular weight excluding hydrogens is 351 g/mol. The Kier molecular flexibility index (Phi) is 13.2. The second-order valence-electron chi connectivity index (χ2n) is 7.10. The maximum absolute atomic E-state index is 12.9. The molecule has 1 aromatic carbocycles. The van der Waals surface area contributed by atoms with Gasteiger partial charge in [0.25, 0.3) is 0 Å². The first-order chi connectivity index (χ1) is 13.1. The van der Waals surface area contributed by atoms with Gasteiger partial charge in [0, 0.05) is 13.2 Å². The van der Waals surface area contributed by atoms with E-state index in [9.17, 15) is 13.2 Å². The van der Waals surface area contributed by atoms with Crippen molar-refractivity contribution in [2.24, 2.45) is 0 Å². The van der Waals surface area contributed by atoms with Crippen LogP contribution in [0.15, 0.2) is 24.3 Å². The summed E-state index contributed by atoms with van der Waals surface area (Å²) in [4.78, 5) is 0. The van der Waals surface area contributed by atoms with Crippen LogP contribution in [0.3, 0.4) is 0 Å². The number of halogens is 3. The molecule has 0 bridgehead atoms. The van der Waals surface area contributed by atoms with E-state index in [2.05, 4.69) is 12.2 Å². The van der Waals surface area contributed by atoms with E-state index >= 15 is 0 Å². The molecule has 0 aromatic heterocycles. The highest BCUT2D eigenvalue weighted by Gasteiger charge is 2.32. The molecule has 0 saturated carbocycles. The number of benzene rings is 1. The molecule has 1 rings (SSSR count). The second kappa shape index (κ2) is 14.9. The van der Waals surface area contributed by atoms with Crippen LogP contribution in [0, 0.1) is 0 Å². The molecule has 2 nitrogen and oxygen atoms in total. The van der Waals surface area contributed by atoms with Gasteiger partial charge in [-0.15, -0.1) is 0 Å². The van der Waals surface area contributed by atoms with Crippen molar-refractivity contribution in [3.8, 4) is 0 Å². The van der Waals surface area contributed by atoms with Crippen LogP contribution in [-0.2, 0) is 17.3 Å². The maximum atomic E-state index is 12.9. The van der Waals surface area contributed by atoms with E-state index in [1.807, 2.05) is 0 Å². The minimum Gasteiger partial charge on any atom is -0.380 e. The smallest absolute Gasteiger partial charge is 0.380 e. The molecular formula is C22H36F3NO. The Labute approximate surface area is 162 Å². The largest absolute Gasteiger partial charge is 0.416 e. The van der Waals surface area contributed by atoms with Gasteiger partial charge in [0.1, 0.15) is 0 Å². The fourth-order valence-corrected chi connectivity index (χ4v) is 3.12.